The van der Waals surface area contributed by atoms with Crippen LogP contribution in [0.2, 0.25) is 0 Å². The molecule has 1 aromatic carbocycles. The van der Waals surface area contributed by atoms with E-state index < -0.39 is 41.6 Å². The lowest BCUT2D eigenvalue weighted by atomic mass is 10.0. The van der Waals surface area contributed by atoms with Gasteiger partial charge in [-0.05, 0) is 74.2 Å². The maximum Gasteiger partial charge on any atom is 0.408 e. The summed E-state index contributed by atoms with van der Waals surface area (Å²) in [6.07, 6.45) is 11.3. The number of amides is 3. The molecule has 2 aliphatic heterocycles. The van der Waals surface area contributed by atoms with Gasteiger partial charge in [-0.2, -0.15) is 9.90 Å². The summed E-state index contributed by atoms with van der Waals surface area (Å²) in [6, 6.07) is 7.41. The van der Waals surface area contributed by atoms with E-state index in [0.29, 0.717) is 29.6 Å². The minimum Gasteiger partial charge on any atom is -0.464 e. The summed E-state index contributed by atoms with van der Waals surface area (Å²) in [4.78, 5) is 57.8. The molecule has 2 saturated carbocycles. The van der Waals surface area contributed by atoms with Crippen LogP contribution in [0.4, 0.5) is 4.79 Å². The molecular weight excluding hydrogens is 668 g/mol. The molecule has 6 rings (SSSR count). The third-order valence-corrected chi connectivity index (χ3v) is 10.3. The van der Waals surface area contributed by atoms with Gasteiger partial charge in [-0.3, -0.25) is 9.59 Å². The highest BCUT2D eigenvalue weighted by Gasteiger charge is 2.62. The molecule has 47 heavy (non-hydrogen) atoms. The summed E-state index contributed by atoms with van der Waals surface area (Å²) >= 11 is 3.54. The summed E-state index contributed by atoms with van der Waals surface area (Å²) < 4.78 is 11.6. The predicted molar refractivity (Wildman–Crippen MR) is 176 cm³/mol. The molecule has 4 aliphatic rings. The van der Waals surface area contributed by atoms with Crippen LogP contribution < -0.4 is 10.6 Å². The Hall–Kier alpha value is -3.74. The number of fused-ring (bicyclic) bond motifs is 2. The van der Waals surface area contributed by atoms with Crippen LogP contribution in [0.1, 0.15) is 83.6 Å². The molecule has 1 unspecified atom stereocenters. The molecule has 2 aliphatic carbocycles. The summed E-state index contributed by atoms with van der Waals surface area (Å²) in [6.45, 7) is 2.08. The third-order valence-electron chi connectivity index (χ3n) is 9.73. The number of benzene rings is 1. The van der Waals surface area contributed by atoms with Crippen LogP contribution in [0.5, 0.6) is 0 Å². The predicted octanol–water partition coefficient (Wildman–Crippen LogP) is 4.85. The Labute approximate surface area is 283 Å². The van der Waals surface area contributed by atoms with E-state index in [1.807, 2.05) is 36.4 Å². The number of esters is 1. The normalized spacial score (nSPS) is 29.1. The van der Waals surface area contributed by atoms with Crippen molar-refractivity contribution in [3.05, 3.63) is 47.1 Å². The number of halogens is 1. The van der Waals surface area contributed by atoms with Crippen molar-refractivity contribution in [1.82, 2.24) is 30.5 Å². The highest BCUT2D eigenvalue weighted by molar-refractivity contribution is 9.10. The second-order valence-corrected chi connectivity index (χ2v) is 13.7. The summed E-state index contributed by atoms with van der Waals surface area (Å²) in [7, 11) is 0. The van der Waals surface area contributed by atoms with Gasteiger partial charge in [0.05, 0.1) is 12.6 Å². The SMILES string of the molecule is CCOC(=O)[C@@]12CC1/C=C\CCCCC[C@H](NC(=O)OC1CCCC1)C(=O)N1C[C@H](n3nc(Br)c(-c4ccccc4)n3)C[C@H]1C(=O)N2. The van der Waals surface area contributed by atoms with E-state index in [4.69, 9.17) is 14.6 Å². The van der Waals surface area contributed by atoms with Gasteiger partial charge in [-0.25, -0.2) is 9.59 Å². The van der Waals surface area contributed by atoms with Crippen molar-refractivity contribution in [2.24, 2.45) is 5.92 Å². The topological polar surface area (TPSA) is 145 Å². The molecule has 0 spiro atoms. The zero-order chi connectivity index (χ0) is 33.0. The highest BCUT2D eigenvalue weighted by Crippen LogP contribution is 2.46. The molecule has 3 amide bonds. The number of allylic oxidation sites excluding steroid dienone is 1. The fourth-order valence-corrected chi connectivity index (χ4v) is 7.54. The first-order chi connectivity index (χ1) is 22.8. The number of rotatable bonds is 6. The zero-order valence-corrected chi connectivity index (χ0v) is 28.3. The average molecular weight is 712 g/mol. The Morgan fingerprint density at radius 3 is 2.60 bits per heavy atom. The van der Waals surface area contributed by atoms with Crippen molar-refractivity contribution < 1.29 is 28.7 Å². The minimum absolute atomic E-state index is 0.150. The second-order valence-electron chi connectivity index (χ2n) is 13.0. The number of nitrogens with zero attached hydrogens (tertiary/aromatic N) is 4. The van der Waals surface area contributed by atoms with Crippen molar-refractivity contribution >= 4 is 39.8 Å². The van der Waals surface area contributed by atoms with E-state index in [2.05, 4.69) is 37.7 Å². The quantitative estimate of drug-likeness (QED) is 0.320. The van der Waals surface area contributed by atoms with Gasteiger partial charge in [0.15, 0.2) is 4.60 Å². The number of hydrogen-bond donors (Lipinski definition) is 2. The first-order valence-corrected chi connectivity index (χ1v) is 17.7. The lowest BCUT2D eigenvalue weighted by Crippen LogP contribution is -2.56. The van der Waals surface area contributed by atoms with Gasteiger partial charge in [0.2, 0.25) is 11.8 Å². The smallest absolute Gasteiger partial charge is 0.408 e. The lowest BCUT2D eigenvalue weighted by Gasteiger charge is -2.30. The molecule has 2 aromatic rings. The van der Waals surface area contributed by atoms with E-state index in [1.54, 1.807) is 11.7 Å². The maximum absolute atomic E-state index is 14.4. The van der Waals surface area contributed by atoms with Crippen LogP contribution in [0.3, 0.4) is 0 Å². The van der Waals surface area contributed by atoms with Gasteiger partial charge in [0.25, 0.3) is 0 Å². The Bertz CT molecular complexity index is 1490. The summed E-state index contributed by atoms with van der Waals surface area (Å²) in [5, 5.41) is 15.2. The number of carbonyl (C=O) groups is 4. The van der Waals surface area contributed by atoms with E-state index in [0.717, 1.165) is 50.5 Å². The molecular formula is C34H43BrN6O6. The molecule has 1 aromatic heterocycles. The molecule has 13 heteroatoms. The fraction of sp³-hybridized carbons (Fsp3) is 0.588. The molecule has 3 fully saturated rings. The van der Waals surface area contributed by atoms with Gasteiger partial charge < -0.3 is 25.0 Å². The average Bonchev–Trinajstić information content (AvgIpc) is 3.47. The minimum atomic E-state index is -1.17. The number of ether oxygens (including phenoxy) is 2. The molecule has 5 atom stereocenters. The molecule has 0 radical (unpaired) electrons. The van der Waals surface area contributed by atoms with Crippen LogP contribution in [-0.4, -0.2) is 80.6 Å². The van der Waals surface area contributed by atoms with Crippen molar-refractivity contribution in [2.45, 2.75) is 107 Å². The number of alkyl carbamates (subject to hydrolysis) is 1. The van der Waals surface area contributed by atoms with Crippen LogP contribution in [0.15, 0.2) is 47.1 Å². The zero-order valence-electron chi connectivity index (χ0n) is 26.7. The molecule has 3 heterocycles. The first-order valence-electron chi connectivity index (χ1n) is 16.9. The number of nitrogens with one attached hydrogen (secondary N) is 2. The van der Waals surface area contributed by atoms with Crippen molar-refractivity contribution in [3.8, 4) is 11.3 Å². The first kappa shape index (κ1) is 33.2. The van der Waals surface area contributed by atoms with Gasteiger partial charge in [-0.1, -0.05) is 55.3 Å². The standard InChI is InChI=1S/C34H43BrN6O6/c1-2-46-32(44)34-20-23(34)15-9-4-3-5-10-18-26(36-33(45)47-25-16-11-12-17-25)31(43)40-21-24(19-27(40)30(42)37-34)41-38-28(29(35)39-41)22-13-7-6-8-14-22/h6-9,13-15,23-27H,2-5,10-12,16-21H2,1H3,(H,36,45)(H,37,42)/b15-9-/t23?,24-,26+,27+,34-/m1/s1. The second kappa shape index (κ2) is 14.6. The maximum atomic E-state index is 14.4. The van der Waals surface area contributed by atoms with Crippen LogP contribution in [-0.2, 0) is 23.9 Å². The monoisotopic (exact) mass is 710 g/mol. The van der Waals surface area contributed by atoms with E-state index in [1.165, 1.54) is 4.90 Å². The van der Waals surface area contributed by atoms with Gasteiger partial charge in [0.1, 0.15) is 29.4 Å². The van der Waals surface area contributed by atoms with Crippen LogP contribution in [0, 0.1) is 5.92 Å². The Balaban J connectivity index is 1.29. The van der Waals surface area contributed by atoms with Gasteiger partial charge in [0, 0.05) is 24.4 Å². The number of hydrogen-bond acceptors (Lipinski definition) is 8. The molecule has 12 nitrogen and oxygen atoms in total. The molecule has 2 N–H and O–H groups in total. The molecule has 252 valence electrons. The van der Waals surface area contributed by atoms with Gasteiger partial charge in [-0.15, -0.1) is 5.10 Å². The third kappa shape index (κ3) is 7.39. The Kier molecular flexibility index (Phi) is 10.3. The van der Waals surface area contributed by atoms with Crippen molar-refractivity contribution in [1.29, 1.82) is 0 Å². The fourth-order valence-electron chi connectivity index (χ4n) is 7.06. The number of carbonyl (C=O) groups excluding carboxylic acids is 4. The molecule has 1 saturated heterocycles. The molecule has 0 bridgehead atoms. The highest BCUT2D eigenvalue weighted by atomic mass is 79.9. The summed E-state index contributed by atoms with van der Waals surface area (Å²) in [5.74, 6) is -1.47. The van der Waals surface area contributed by atoms with E-state index in [9.17, 15) is 19.2 Å². The van der Waals surface area contributed by atoms with E-state index >= 15 is 0 Å². The largest absolute Gasteiger partial charge is 0.464 e. The van der Waals surface area contributed by atoms with Crippen LogP contribution in [0.25, 0.3) is 11.3 Å². The Morgan fingerprint density at radius 2 is 1.83 bits per heavy atom. The van der Waals surface area contributed by atoms with E-state index in [-0.39, 0.29) is 37.5 Å². The van der Waals surface area contributed by atoms with Crippen molar-refractivity contribution in [3.63, 3.8) is 0 Å². The van der Waals surface area contributed by atoms with Crippen molar-refractivity contribution in [2.75, 3.05) is 13.2 Å². The number of aromatic nitrogens is 3. The lowest BCUT2D eigenvalue weighted by molar-refractivity contribution is -0.150. The summed E-state index contributed by atoms with van der Waals surface area (Å²) in [5.41, 5.74) is 0.350. The Morgan fingerprint density at radius 1 is 1.06 bits per heavy atom. The van der Waals surface area contributed by atoms with Gasteiger partial charge >= 0.3 is 12.1 Å². The van der Waals surface area contributed by atoms with Crippen LogP contribution >= 0.6 is 15.9 Å².